The fourth-order valence-corrected chi connectivity index (χ4v) is 1.67. The summed E-state index contributed by atoms with van der Waals surface area (Å²) in [7, 11) is -4.03. The van der Waals surface area contributed by atoms with Crippen molar-refractivity contribution in [3.63, 3.8) is 0 Å². The van der Waals surface area contributed by atoms with Crippen LogP contribution in [0.1, 0.15) is 6.92 Å². The number of hydrogen-bond acceptors (Lipinski definition) is 3. The molecule has 0 bridgehead atoms. The van der Waals surface area contributed by atoms with Gasteiger partial charge >= 0.3 is 0 Å². The van der Waals surface area contributed by atoms with Gasteiger partial charge in [0, 0.05) is 6.54 Å². The Hall–Kier alpha value is -0.0200. The molecule has 0 aliphatic rings. The van der Waals surface area contributed by atoms with E-state index in [4.69, 9.17) is 4.55 Å². The number of nitrogens with two attached hydrogens (primary N) is 1. The minimum Gasteiger partial charge on any atom is -0.293 e. The van der Waals surface area contributed by atoms with Gasteiger partial charge < -0.3 is 0 Å². The molecule has 1 unspecified atom stereocenters. The lowest BCUT2D eigenvalue weighted by Gasteiger charge is -2.10. The monoisotopic (exact) mass is 188 g/mol. The largest absolute Gasteiger partial charge is 0.293 e. The maximum atomic E-state index is 10.4. The van der Waals surface area contributed by atoms with Crippen molar-refractivity contribution in [2.24, 2.45) is 5.14 Å². The Kier molecular flexibility index (Phi) is 3.39. The molecule has 0 aromatic carbocycles. The highest BCUT2D eigenvalue weighted by Gasteiger charge is 2.19. The molecule has 0 radical (unpaired) electrons. The smallest absolute Gasteiger partial charge is 0.289 e. The summed E-state index contributed by atoms with van der Waals surface area (Å²) in [6.07, 6.45) is 0. The Morgan fingerprint density at radius 1 is 1.70 bits per heavy atom. The van der Waals surface area contributed by atoms with Crippen molar-refractivity contribution in [1.29, 1.82) is 0 Å². The molecule has 1 atom stereocenters. The first kappa shape index (κ1) is 9.98. The summed E-state index contributed by atoms with van der Waals surface area (Å²) in [5, 5.41) is 4.54. The van der Waals surface area contributed by atoms with Gasteiger partial charge in [0.05, 0.1) is 0 Å². The minimum absolute atomic E-state index is 0.123. The molecule has 0 aliphatic heterocycles. The minimum atomic E-state index is -4.03. The standard InChI is InChI=1S/C2H8N2O4S2/c1-2-4(9(5)6)10(3,7)8/h2H2,1H3,(H,5,6)(H2,3,7,8). The second kappa shape index (κ2) is 3.39. The third-order valence-corrected chi connectivity index (χ3v) is 3.15. The molecular formula is C2H8N2O4S2. The normalized spacial score (nSPS) is 15.6. The highest BCUT2D eigenvalue weighted by molar-refractivity contribution is 7.97. The SMILES string of the molecule is CCN(S(=O)O)S(N)(=O)=O. The van der Waals surface area contributed by atoms with Crippen LogP contribution in [-0.2, 0) is 21.5 Å². The Morgan fingerprint density at radius 2 is 2.10 bits per heavy atom. The summed E-state index contributed by atoms with van der Waals surface area (Å²) in [6.45, 7) is 1.28. The molecule has 62 valence electrons. The van der Waals surface area contributed by atoms with Crippen LogP contribution >= 0.6 is 0 Å². The van der Waals surface area contributed by atoms with Crippen LogP contribution in [0.3, 0.4) is 0 Å². The first-order valence-electron chi connectivity index (χ1n) is 2.31. The molecule has 0 fully saturated rings. The Labute approximate surface area is 61.6 Å². The van der Waals surface area contributed by atoms with Crippen LogP contribution < -0.4 is 5.14 Å². The summed E-state index contributed by atoms with van der Waals surface area (Å²) in [4.78, 5) is 0. The third kappa shape index (κ3) is 2.71. The Balaban J connectivity index is 4.55. The van der Waals surface area contributed by atoms with Crippen molar-refractivity contribution in [3.8, 4) is 0 Å². The zero-order chi connectivity index (χ0) is 8.36. The van der Waals surface area contributed by atoms with E-state index in [-0.39, 0.29) is 10.3 Å². The summed E-state index contributed by atoms with van der Waals surface area (Å²) in [5.41, 5.74) is 0. The molecule has 0 saturated carbocycles. The molecule has 0 aromatic rings. The average Bonchev–Trinajstić information content (AvgIpc) is 1.60. The summed E-state index contributed by atoms with van der Waals surface area (Å²) >= 11 is -2.55. The van der Waals surface area contributed by atoms with Crippen molar-refractivity contribution in [2.45, 2.75) is 6.92 Å². The predicted octanol–water partition coefficient (Wildman–Crippen LogP) is -1.35. The van der Waals surface area contributed by atoms with Crippen LogP contribution in [0.4, 0.5) is 0 Å². The van der Waals surface area contributed by atoms with E-state index in [2.05, 4.69) is 5.14 Å². The molecule has 0 heterocycles. The van der Waals surface area contributed by atoms with Crippen molar-refractivity contribution < 1.29 is 17.2 Å². The molecule has 0 aliphatic carbocycles. The second-order valence-corrected chi connectivity index (χ2v) is 4.00. The Bertz CT molecular complexity index is 221. The van der Waals surface area contributed by atoms with E-state index in [0.29, 0.717) is 0 Å². The van der Waals surface area contributed by atoms with Crippen molar-refractivity contribution in [1.82, 2.24) is 3.71 Å². The third-order valence-electron chi connectivity index (χ3n) is 0.716. The molecule has 8 heteroatoms. The summed E-state index contributed by atoms with van der Waals surface area (Å²) in [5.74, 6) is 0. The molecule has 3 N–H and O–H groups in total. The molecule has 10 heavy (non-hydrogen) atoms. The van der Waals surface area contributed by atoms with Gasteiger partial charge in [-0.25, -0.2) is 9.35 Å². The van der Waals surface area contributed by atoms with Gasteiger partial charge in [0.2, 0.25) is 11.3 Å². The number of rotatable bonds is 3. The number of nitrogens with zero attached hydrogens (tertiary/aromatic N) is 1. The quantitative estimate of drug-likeness (QED) is 0.534. The molecule has 0 aromatic heterocycles. The van der Waals surface area contributed by atoms with E-state index in [9.17, 15) is 12.6 Å². The van der Waals surface area contributed by atoms with Gasteiger partial charge in [-0.1, -0.05) is 10.6 Å². The van der Waals surface area contributed by atoms with Gasteiger partial charge in [0.15, 0.2) is 0 Å². The molecule has 0 spiro atoms. The van der Waals surface area contributed by atoms with E-state index in [0.717, 1.165) is 0 Å². The van der Waals surface area contributed by atoms with E-state index in [1.807, 2.05) is 0 Å². The van der Waals surface area contributed by atoms with Gasteiger partial charge in [-0.05, 0) is 0 Å². The van der Waals surface area contributed by atoms with Crippen LogP contribution in [0.25, 0.3) is 0 Å². The van der Waals surface area contributed by atoms with Crippen molar-refractivity contribution in [3.05, 3.63) is 0 Å². The fourth-order valence-electron chi connectivity index (χ4n) is 0.379. The van der Waals surface area contributed by atoms with Gasteiger partial charge in [-0.3, -0.25) is 4.55 Å². The highest BCUT2D eigenvalue weighted by Crippen LogP contribution is 1.95. The maximum Gasteiger partial charge on any atom is 0.289 e. The lowest BCUT2D eigenvalue weighted by molar-refractivity contribution is 0.487. The lowest BCUT2D eigenvalue weighted by Crippen LogP contribution is -2.37. The van der Waals surface area contributed by atoms with Crippen LogP contribution in [0.15, 0.2) is 0 Å². The lowest BCUT2D eigenvalue weighted by atomic mass is 10.8. The second-order valence-electron chi connectivity index (χ2n) is 1.39. The van der Waals surface area contributed by atoms with Gasteiger partial charge in [0.1, 0.15) is 0 Å². The van der Waals surface area contributed by atoms with Crippen molar-refractivity contribution >= 4 is 21.5 Å². The first-order chi connectivity index (χ1) is 4.39. The zero-order valence-electron chi connectivity index (χ0n) is 5.22. The van der Waals surface area contributed by atoms with Gasteiger partial charge in [-0.15, -0.1) is 0 Å². The molecule has 6 nitrogen and oxygen atoms in total. The Morgan fingerprint density at radius 3 is 2.10 bits per heavy atom. The van der Waals surface area contributed by atoms with Crippen molar-refractivity contribution in [2.75, 3.05) is 6.54 Å². The zero-order valence-corrected chi connectivity index (χ0v) is 6.85. The summed E-state index contributed by atoms with van der Waals surface area (Å²) < 4.78 is 39.4. The summed E-state index contributed by atoms with van der Waals surface area (Å²) in [6, 6.07) is 0. The highest BCUT2D eigenvalue weighted by atomic mass is 32.3. The maximum absolute atomic E-state index is 10.4. The van der Waals surface area contributed by atoms with E-state index >= 15 is 0 Å². The fraction of sp³-hybridized carbons (Fsp3) is 1.00. The molecule has 0 rings (SSSR count). The van der Waals surface area contributed by atoms with E-state index in [1.54, 1.807) is 0 Å². The first-order valence-corrected chi connectivity index (χ1v) is 4.87. The molecule has 0 amide bonds. The molecule has 0 saturated heterocycles. The van der Waals surface area contributed by atoms with Crippen LogP contribution in [0.5, 0.6) is 0 Å². The molecular weight excluding hydrogens is 180 g/mol. The van der Waals surface area contributed by atoms with Crippen LogP contribution in [0.2, 0.25) is 0 Å². The van der Waals surface area contributed by atoms with Gasteiger partial charge in [0.25, 0.3) is 10.2 Å². The average molecular weight is 188 g/mol. The number of hydrogen-bond donors (Lipinski definition) is 2. The topological polar surface area (TPSA) is 101 Å². The predicted molar refractivity (Wildman–Crippen MR) is 36.3 cm³/mol. The van der Waals surface area contributed by atoms with Crippen LogP contribution in [0, 0.1) is 0 Å². The van der Waals surface area contributed by atoms with Gasteiger partial charge in [-0.2, -0.15) is 8.42 Å². The van der Waals surface area contributed by atoms with E-state index in [1.165, 1.54) is 6.92 Å². The van der Waals surface area contributed by atoms with Crippen LogP contribution in [-0.4, -0.2) is 27.4 Å². The van der Waals surface area contributed by atoms with E-state index < -0.39 is 21.5 Å².